The van der Waals surface area contributed by atoms with Gasteiger partial charge in [0.05, 0.1) is 18.8 Å². The van der Waals surface area contributed by atoms with Crippen LogP contribution in [-0.4, -0.2) is 52.0 Å². The largest absolute Gasteiger partial charge is 0.507 e. The monoisotopic (exact) mass is 497 g/mol. The van der Waals surface area contributed by atoms with Gasteiger partial charge in [-0.2, -0.15) is 5.10 Å². The molecule has 1 amide bonds. The van der Waals surface area contributed by atoms with E-state index in [1.165, 1.54) is 0 Å². The van der Waals surface area contributed by atoms with Crippen molar-refractivity contribution < 1.29 is 19.4 Å². The van der Waals surface area contributed by atoms with Crippen molar-refractivity contribution in [3.05, 3.63) is 63.8 Å². The van der Waals surface area contributed by atoms with Gasteiger partial charge in [-0.25, -0.2) is 0 Å². The number of carbonyl (C=O) groups is 1. The van der Waals surface area contributed by atoms with Gasteiger partial charge in [-0.05, 0) is 69.0 Å². The van der Waals surface area contributed by atoms with E-state index >= 15 is 0 Å². The fourth-order valence-electron chi connectivity index (χ4n) is 4.38. The summed E-state index contributed by atoms with van der Waals surface area (Å²) in [7, 11) is 0. The number of nitrogens with zero attached hydrogens (tertiary/aromatic N) is 2. The summed E-state index contributed by atoms with van der Waals surface area (Å²) in [4.78, 5) is 15.3. The third-order valence-corrected chi connectivity index (χ3v) is 6.44. The molecular formula is C27H32ClN3O4. The zero-order valence-corrected chi connectivity index (χ0v) is 21.4. The summed E-state index contributed by atoms with van der Waals surface area (Å²) >= 11 is 6.39. The van der Waals surface area contributed by atoms with Crippen molar-refractivity contribution in [3.63, 3.8) is 0 Å². The van der Waals surface area contributed by atoms with E-state index in [9.17, 15) is 9.90 Å². The molecule has 8 heteroatoms. The molecule has 3 aromatic rings. The minimum Gasteiger partial charge on any atom is -0.507 e. The van der Waals surface area contributed by atoms with E-state index in [1.807, 2.05) is 49.9 Å². The lowest BCUT2D eigenvalue weighted by atomic mass is 9.95. The van der Waals surface area contributed by atoms with Gasteiger partial charge in [0.1, 0.15) is 22.9 Å². The Hall–Kier alpha value is -3.03. The van der Waals surface area contributed by atoms with Crippen molar-refractivity contribution in [1.82, 2.24) is 15.1 Å². The van der Waals surface area contributed by atoms with Gasteiger partial charge < -0.3 is 19.5 Å². The van der Waals surface area contributed by atoms with Crippen molar-refractivity contribution in [2.75, 3.05) is 19.8 Å². The number of aryl methyl sites for hydroxylation is 1. The van der Waals surface area contributed by atoms with Crippen molar-refractivity contribution in [2.24, 2.45) is 0 Å². The highest BCUT2D eigenvalue weighted by Gasteiger charge is 2.42. The number of rotatable bonds is 10. The Kier molecular flexibility index (Phi) is 7.67. The molecular weight excluding hydrogens is 466 g/mol. The Morgan fingerprint density at radius 2 is 2.03 bits per heavy atom. The number of aromatic nitrogens is 2. The van der Waals surface area contributed by atoms with E-state index in [0.29, 0.717) is 48.2 Å². The zero-order valence-electron chi connectivity index (χ0n) is 20.6. The number of halogens is 1. The van der Waals surface area contributed by atoms with Gasteiger partial charge in [0.2, 0.25) is 0 Å². The third-order valence-electron chi connectivity index (χ3n) is 6.04. The van der Waals surface area contributed by atoms with Crippen LogP contribution in [0.3, 0.4) is 0 Å². The molecule has 7 nitrogen and oxygen atoms in total. The number of aromatic hydroxyl groups is 1. The number of fused-ring (bicyclic) bond motifs is 1. The lowest BCUT2D eigenvalue weighted by Gasteiger charge is -2.27. The Balaban J connectivity index is 1.78. The van der Waals surface area contributed by atoms with Crippen molar-refractivity contribution in [3.8, 4) is 22.8 Å². The zero-order chi connectivity index (χ0) is 25.1. The number of ether oxygens (including phenoxy) is 2. The third kappa shape index (κ3) is 5.16. The molecule has 4 rings (SSSR count). The van der Waals surface area contributed by atoms with Crippen LogP contribution in [0.2, 0.25) is 5.02 Å². The Morgan fingerprint density at radius 1 is 1.23 bits per heavy atom. The summed E-state index contributed by atoms with van der Waals surface area (Å²) in [6.07, 6.45) is 1.73. The van der Waals surface area contributed by atoms with Gasteiger partial charge >= 0.3 is 0 Å². The van der Waals surface area contributed by atoms with Gasteiger partial charge in [0, 0.05) is 29.3 Å². The predicted molar refractivity (Wildman–Crippen MR) is 136 cm³/mol. The summed E-state index contributed by atoms with van der Waals surface area (Å²) in [6.45, 7) is 9.56. The molecule has 2 heterocycles. The van der Waals surface area contributed by atoms with Crippen molar-refractivity contribution in [2.45, 2.75) is 52.7 Å². The smallest absolute Gasteiger partial charge is 0.273 e. The van der Waals surface area contributed by atoms with E-state index in [0.717, 1.165) is 28.9 Å². The fourth-order valence-corrected chi connectivity index (χ4v) is 4.55. The van der Waals surface area contributed by atoms with Gasteiger partial charge in [-0.3, -0.25) is 9.89 Å². The lowest BCUT2D eigenvalue weighted by Crippen LogP contribution is -2.31. The van der Waals surface area contributed by atoms with Crippen LogP contribution in [0, 0.1) is 6.92 Å². The van der Waals surface area contributed by atoms with E-state index < -0.39 is 6.04 Å². The predicted octanol–water partition coefficient (Wildman–Crippen LogP) is 5.89. The lowest BCUT2D eigenvalue weighted by molar-refractivity contribution is 0.0601. The molecule has 1 aromatic heterocycles. The van der Waals surface area contributed by atoms with Crippen LogP contribution in [0.25, 0.3) is 11.3 Å². The number of carbonyl (C=O) groups excluding carboxylic acids is 1. The van der Waals surface area contributed by atoms with Crippen LogP contribution in [0.4, 0.5) is 0 Å². The Morgan fingerprint density at radius 3 is 2.77 bits per heavy atom. The van der Waals surface area contributed by atoms with Gasteiger partial charge in [0.15, 0.2) is 0 Å². The number of nitrogens with one attached hydrogen (secondary N) is 1. The maximum absolute atomic E-state index is 13.5. The van der Waals surface area contributed by atoms with E-state index in [-0.39, 0.29) is 17.8 Å². The van der Waals surface area contributed by atoms with Crippen molar-refractivity contribution >= 4 is 17.5 Å². The van der Waals surface area contributed by atoms with Crippen LogP contribution in [-0.2, 0) is 4.74 Å². The molecule has 0 radical (unpaired) electrons. The van der Waals surface area contributed by atoms with Gasteiger partial charge in [-0.1, -0.05) is 30.7 Å². The average Bonchev–Trinajstić information content (AvgIpc) is 3.36. The molecule has 0 bridgehead atoms. The summed E-state index contributed by atoms with van der Waals surface area (Å²) in [5.41, 5.74) is 3.82. The highest BCUT2D eigenvalue weighted by atomic mass is 35.5. The molecule has 1 aliphatic heterocycles. The maximum Gasteiger partial charge on any atom is 0.273 e. The number of hydrogen-bond acceptors (Lipinski definition) is 5. The number of H-pyrrole nitrogens is 1. The molecule has 35 heavy (non-hydrogen) atoms. The molecule has 0 spiro atoms. The molecule has 1 atom stereocenters. The first-order chi connectivity index (χ1) is 16.8. The first-order valence-corrected chi connectivity index (χ1v) is 12.4. The number of aromatic amines is 1. The topological polar surface area (TPSA) is 87.7 Å². The molecule has 1 aliphatic rings. The number of amides is 1. The van der Waals surface area contributed by atoms with Crippen LogP contribution in [0.1, 0.15) is 66.8 Å². The second-order valence-corrected chi connectivity index (χ2v) is 9.48. The Labute approximate surface area is 211 Å². The van der Waals surface area contributed by atoms with Crippen LogP contribution in [0.5, 0.6) is 11.5 Å². The summed E-state index contributed by atoms with van der Waals surface area (Å²) in [6, 6.07) is 10.7. The summed E-state index contributed by atoms with van der Waals surface area (Å²) in [5, 5.41) is 18.6. The highest BCUT2D eigenvalue weighted by molar-refractivity contribution is 6.31. The molecule has 0 saturated heterocycles. The molecule has 0 saturated carbocycles. The first kappa shape index (κ1) is 25.1. The minimum absolute atomic E-state index is 0.0659. The molecule has 186 valence electrons. The normalized spacial score (nSPS) is 15.2. The van der Waals surface area contributed by atoms with E-state index in [2.05, 4.69) is 17.1 Å². The quantitative estimate of drug-likeness (QED) is 0.341. The van der Waals surface area contributed by atoms with Crippen LogP contribution >= 0.6 is 11.6 Å². The minimum atomic E-state index is -0.394. The molecule has 2 aromatic carbocycles. The van der Waals surface area contributed by atoms with Crippen LogP contribution < -0.4 is 4.74 Å². The van der Waals surface area contributed by atoms with Gasteiger partial charge in [0.25, 0.3) is 5.91 Å². The molecule has 1 unspecified atom stereocenters. The molecule has 2 N–H and O–H groups in total. The van der Waals surface area contributed by atoms with Gasteiger partial charge in [-0.15, -0.1) is 0 Å². The molecule has 0 aliphatic carbocycles. The average molecular weight is 498 g/mol. The first-order valence-electron chi connectivity index (χ1n) is 12.0. The molecule has 0 fully saturated rings. The summed E-state index contributed by atoms with van der Waals surface area (Å²) in [5.74, 6) is 0.682. The summed E-state index contributed by atoms with van der Waals surface area (Å²) < 4.78 is 11.6. The van der Waals surface area contributed by atoms with E-state index in [1.54, 1.807) is 12.1 Å². The number of hydrogen-bond donors (Lipinski definition) is 2. The standard InChI is InChI=1S/C27H32ClN3O4/c1-5-11-35-19-9-6-8-18(14-19)26-23-24(20-15-21(28)17(4)13-22(20)32)29-30-25(23)27(33)31(26)10-7-12-34-16(2)3/h6,8-9,13-16,26,32H,5,7,10-12H2,1-4H3,(H,29,30). The maximum atomic E-state index is 13.5. The fraction of sp³-hybridized carbons (Fsp3) is 0.407. The van der Waals surface area contributed by atoms with Crippen molar-refractivity contribution in [1.29, 1.82) is 0 Å². The Bertz CT molecular complexity index is 1210. The van der Waals surface area contributed by atoms with E-state index in [4.69, 9.17) is 21.1 Å². The highest BCUT2D eigenvalue weighted by Crippen LogP contribution is 2.45. The number of phenols is 1. The van der Waals surface area contributed by atoms with Crippen LogP contribution in [0.15, 0.2) is 36.4 Å². The second-order valence-electron chi connectivity index (χ2n) is 9.07. The number of phenolic OH excluding ortho intramolecular Hbond substituents is 1. The number of benzene rings is 2. The second kappa shape index (κ2) is 10.7. The SMILES string of the molecule is CCCOc1cccc(C2c3c(-c4cc(Cl)c(C)cc4O)n[nH]c3C(=O)N2CCCOC(C)C)c1.